The topological polar surface area (TPSA) is 69.7 Å². The van der Waals surface area contributed by atoms with Crippen LogP contribution in [0.1, 0.15) is 27.9 Å². The Morgan fingerprint density at radius 2 is 1.84 bits per heavy atom. The van der Waals surface area contributed by atoms with Gasteiger partial charge in [0.1, 0.15) is 0 Å². The van der Waals surface area contributed by atoms with Crippen molar-refractivity contribution in [3.63, 3.8) is 0 Å². The number of aryl methyl sites for hydroxylation is 1. The Bertz CT molecular complexity index is 770. The number of rotatable bonds is 3. The summed E-state index contributed by atoms with van der Waals surface area (Å²) in [6.45, 7) is 9.24. The van der Waals surface area contributed by atoms with Crippen LogP contribution in [0.25, 0.3) is 0 Å². The van der Waals surface area contributed by atoms with Crippen LogP contribution >= 0.6 is 0 Å². The van der Waals surface area contributed by atoms with E-state index in [0.29, 0.717) is 11.6 Å². The highest BCUT2D eigenvalue weighted by atomic mass is 32.2. The molecule has 1 N–H and O–H groups in total. The number of nitrogens with one attached hydrogen (secondary N) is 1. The summed E-state index contributed by atoms with van der Waals surface area (Å²) in [5.74, 6) is -0.0521. The van der Waals surface area contributed by atoms with Crippen LogP contribution in [-0.4, -0.2) is 75.7 Å². The molecule has 0 aromatic heterocycles. The molecule has 2 aliphatic heterocycles. The maximum Gasteiger partial charge on any atom is 0.254 e. The fourth-order valence-corrected chi connectivity index (χ4v) is 4.43. The minimum Gasteiger partial charge on any atom is -0.337 e. The first kappa shape index (κ1) is 18.4. The van der Waals surface area contributed by atoms with Crippen LogP contribution in [0.2, 0.25) is 0 Å². The van der Waals surface area contributed by atoms with E-state index < -0.39 is 9.84 Å². The predicted octanol–water partition coefficient (Wildman–Crippen LogP) is 0.827. The number of likely N-dealkylation sites (tertiary alicyclic amines) is 1. The molecule has 2 heterocycles. The van der Waals surface area contributed by atoms with Crippen molar-refractivity contribution >= 4 is 15.7 Å². The Hall–Kier alpha value is -1.44. The SMILES string of the molecule is Cc1cc(S(C)(=O)=O)cc(C(=O)N2CCC(N3CCNCC3)C2)c1C. The minimum atomic E-state index is -3.34. The van der Waals surface area contributed by atoms with Gasteiger partial charge in [0.25, 0.3) is 5.91 Å². The molecule has 25 heavy (non-hydrogen) atoms. The van der Waals surface area contributed by atoms with Crippen LogP contribution in [0.3, 0.4) is 0 Å². The second-order valence-corrected chi connectivity index (χ2v) is 9.18. The highest BCUT2D eigenvalue weighted by Gasteiger charge is 2.32. The standard InChI is InChI=1S/C18H27N3O3S/c1-13-10-16(25(3,23)24)11-17(14(13)2)18(22)21-7-4-15(12-21)20-8-5-19-6-9-20/h10-11,15,19H,4-9,12H2,1-3H3. The second kappa shape index (κ2) is 7.05. The van der Waals surface area contributed by atoms with Crippen molar-refractivity contribution in [1.82, 2.24) is 15.1 Å². The monoisotopic (exact) mass is 365 g/mol. The van der Waals surface area contributed by atoms with Crippen LogP contribution in [-0.2, 0) is 9.84 Å². The molecule has 0 spiro atoms. The van der Waals surface area contributed by atoms with Crippen LogP contribution in [0.15, 0.2) is 17.0 Å². The fraction of sp³-hybridized carbons (Fsp3) is 0.611. The normalized spacial score (nSPS) is 22.4. The quantitative estimate of drug-likeness (QED) is 0.859. The van der Waals surface area contributed by atoms with Crippen molar-refractivity contribution in [2.75, 3.05) is 45.5 Å². The summed E-state index contributed by atoms with van der Waals surface area (Å²) in [5, 5.41) is 3.35. The molecular weight excluding hydrogens is 338 g/mol. The van der Waals surface area contributed by atoms with E-state index in [9.17, 15) is 13.2 Å². The lowest BCUT2D eigenvalue weighted by Gasteiger charge is -2.32. The van der Waals surface area contributed by atoms with Gasteiger partial charge in [-0.15, -0.1) is 0 Å². The van der Waals surface area contributed by atoms with E-state index in [4.69, 9.17) is 0 Å². The molecule has 3 rings (SSSR count). The molecule has 138 valence electrons. The summed E-state index contributed by atoms with van der Waals surface area (Å²) in [4.78, 5) is 17.6. The minimum absolute atomic E-state index is 0.0521. The highest BCUT2D eigenvalue weighted by Crippen LogP contribution is 2.24. The zero-order valence-electron chi connectivity index (χ0n) is 15.2. The van der Waals surface area contributed by atoms with Gasteiger partial charge in [0.2, 0.25) is 0 Å². The second-order valence-electron chi connectivity index (χ2n) is 7.16. The van der Waals surface area contributed by atoms with Gasteiger partial charge in [-0.05, 0) is 43.5 Å². The molecule has 2 saturated heterocycles. The summed E-state index contributed by atoms with van der Waals surface area (Å²) < 4.78 is 23.8. The van der Waals surface area contributed by atoms with Gasteiger partial charge >= 0.3 is 0 Å². The number of hydrogen-bond acceptors (Lipinski definition) is 5. The van der Waals surface area contributed by atoms with Crippen molar-refractivity contribution in [3.05, 3.63) is 28.8 Å². The fourth-order valence-electron chi connectivity index (χ4n) is 3.70. The number of carbonyl (C=O) groups excluding carboxylic acids is 1. The van der Waals surface area contributed by atoms with Crippen molar-refractivity contribution in [2.24, 2.45) is 0 Å². The Labute approximate surface area is 150 Å². The number of hydrogen-bond donors (Lipinski definition) is 1. The maximum absolute atomic E-state index is 13.0. The first-order valence-corrected chi connectivity index (χ1v) is 10.7. The van der Waals surface area contributed by atoms with Crippen molar-refractivity contribution in [3.8, 4) is 0 Å². The van der Waals surface area contributed by atoms with Gasteiger partial charge in [0, 0.05) is 57.1 Å². The third-order valence-electron chi connectivity index (χ3n) is 5.42. The summed E-state index contributed by atoms with van der Waals surface area (Å²) in [7, 11) is -3.34. The molecule has 1 aromatic rings. The number of amides is 1. The molecule has 0 bridgehead atoms. The van der Waals surface area contributed by atoms with E-state index in [0.717, 1.165) is 56.8 Å². The third kappa shape index (κ3) is 3.88. The van der Waals surface area contributed by atoms with Gasteiger partial charge in [-0.2, -0.15) is 0 Å². The van der Waals surface area contributed by atoms with Crippen LogP contribution in [0.5, 0.6) is 0 Å². The molecule has 0 radical (unpaired) electrons. The summed E-state index contributed by atoms with van der Waals surface area (Å²) in [6, 6.07) is 3.60. The Morgan fingerprint density at radius 3 is 2.48 bits per heavy atom. The summed E-state index contributed by atoms with van der Waals surface area (Å²) >= 11 is 0. The zero-order valence-corrected chi connectivity index (χ0v) is 16.0. The molecule has 1 atom stereocenters. The molecule has 2 aliphatic rings. The molecule has 0 aliphatic carbocycles. The smallest absolute Gasteiger partial charge is 0.254 e. The molecule has 1 unspecified atom stereocenters. The first-order chi connectivity index (χ1) is 11.8. The van der Waals surface area contributed by atoms with E-state index >= 15 is 0 Å². The van der Waals surface area contributed by atoms with Crippen LogP contribution in [0, 0.1) is 13.8 Å². The lowest BCUT2D eigenvalue weighted by atomic mass is 10.0. The van der Waals surface area contributed by atoms with Gasteiger partial charge < -0.3 is 10.2 Å². The number of piperazine rings is 1. The molecule has 2 fully saturated rings. The largest absolute Gasteiger partial charge is 0.337 e. The molecule has 7 heteroatoms. The van der Waals surface area contributed by atoms with E-state index in [1.807, 2.05) is 18.7 Å². The summed E-state index contributed by atoms with van der Waals surface area (Å²) in [5.41, 5.74) is 2.22. The zero-order chi connectivity index (χ0) is 18.2. The van der Waals surface area contributed by atoms with Crippen LogP contribution < -0.4 is 5.32 Å². The lowest BCUT2D eigenvalue weighted by molar-refractivity contribution is 0.0772. The van der Waals surface area contributed by atoms with Crippen molar-refractivity contribution in [2.45, 2.75) is 31.2 Å². The number of sulfone groups is 1. The van der Waals surface area contributed by atoms with Gasteiger partial charge in [0.15, 0.2) is 9.84 Å². The van der Waals surface area contributed by atoms with E-state index in [2.05, 4.69) is 10.2 Å². The predicted molar refractivity (Wildman–Crippen MR) is 97.8 cm³/mol. The Balaban J connectivity index is 1.80. The summed E-state index contributed by atoms with van der Waals surface area (Å²) in [6.07, 6.45) is 2.16. The van der Waals surface area contributed by atoms with Crippen LogP contribution in [0.4, 0.5) is 0 Å². The molecule has 1 amide bonds. The van der Waals surface area contributed by atoms with Gasteiger partial charge in [-0.25, -0.2) is 8.42 Å². The van der Waals surface area contributed by atoms with Crippen molar-refractivity contribution < 1.29 is 13.2 Å². The maximum atomic E-state index is 13.0. The van der Waals surface area contributed by atoms with E-state index in [1.165, 1.54) is 12.3 Å². The molecule has 1 aromatic carbocycles. The third-order valence-corrected chi connectivity index (χ3v) is 6.51. The first-order valence-electron chi connectivity index (χ1n) is 8.82. The molecule has 0 saturated carbocycles. The number of nitrogens with zero attached hydrogens (tertiary/aromatic N) is 2. The van der Waals surface area contributed by atoms with E-state index in [-0.39, 0.29) is 10.8 Å². The highest BCUT2D eigenvalue weighted by molar-refractivity contribution is 7.90. The Kier molecular flexibility index (Phi) is 5.18. The number of carbonyl (C=O) groups is 1. The van der Waals surface area contributed by atoms with Crippen molar-refractivity contribution in [1.29, 1.82) is 0 Å². The molecule has 6 nitrogen and oxygen atoms in total. The van der Waals surface area contributed by atoms with Gasteiger partial charge in [-0.1, -0.05) is 0 Å². The molecular formula is C18H27N3O3S. The van der Waals surface area contributed by atoms with Gasteiger partial charge in [0.05, 0.1) is 4.90 Å². The lowest BCUT2D eigenvalue weighted by Crippen LogP contribution is -2.49. The number of benzene rings is 1. The van der Waals surface area contributed by atoms with Gasteiger partial charge in [-0.3, -0.25) is 9.69 Å². The average Bonchev–Trinajstić information content (AvgIpc) is 3.06. The van der Waals surface area contributed by atoms with E-state index in [1.54, 1.807) is 6.07 Å². The Morgan fingerprint density at radius 1 is 1.16 bits per heavy atom. The average molecular weight is 365 g/mol.